The van der Waals surface area contributed by atoms with Gasteiger partial charge >= 0.3 is 6.18 Å². The van der Waals surface area contributed by atoms with Gasteiger partial charge in [0, 0.05) is 0 Å². The number of aliphatic hydroxyl groups is 1. The highest BCUT2D eigenvalue weighted by Gasteiger charge is 2.40. The van der Waals surface area contributed by atoms with Crippen molar-refractivity contribution < 1.29 is 18.3 Å². The highest BCUT2D eigenvalue weighted by molar-refractivity contribution is 6.29. The molecule has 0 spiro atoms. The van der Waals surface area contributed by atoms with Crippen molar-refractivity contribution in [3.8, 4) is 0 Å². The summed E-state index contributed by atoms with van der Waals surface area (Å²) in [5, 5.41) is 8.65. The van der Waals surface area contributed by atoms with Crippen molar-refractivity contribution >= 4 is 11.6 Å². The standard InChI is InChI=1S/C7H5ClF3NO/c8-5-3-1-2-4(12-5)6(13)7(9,10)11/h1-3,6,13H. The van der Waals surface area contributed by atoms with E-state index in [4.69, 9.17) is 16.7 Å². The molecule has 6 heteroatoms. The Hall–Kier alpha value is -0.810. The number of pyridine rings is 1. The SMILES string of the molecule is OC(c1cccc(Cl)n1)C(F)(F)F. The third kappa shape index (κ3) is 2.57. The minimum atomic E-state index is -4.71. The number of nitrogens with zero attached hydrogens (tertiary/aromatic N) is 1. The van der Waals surface area contributed by atoms with E-state index in [1.165, 1.54) is 12.1 Å². The first-order chi connectivity index (χ1) is 5.91. The largest absolute Gasteiger partial charge is 0.420 e. The molecule has 0 fully saturated rings. The van der Waals surface area contributed by atoms with Crippen molar-refractivity contribution in [1.82, 2.24) is 4.98 Å². The summed E-state index contributed by atoms with van der Waals surface area (Å²) in [5.41, 5.74) is -0.500. The van der Waals surface area contributed by atoms with Crippen molar-refractivity contribution in [2.75, 3.05) is 0 Å². The molecule has 0 saturated carbocycles. The van der Waals surface area contributed by atoms with E-state index in [1.54, 1.807) is 0 Å². The fraction of sp³-hybridized carbons (Fsp3) is 0.286. The zero-order valence-electron chi connectivity index (χ0n) is 6.22. The summed E-state index contributed by atoms with van der Waals surface area (Å²) in [6.45, 7) is 0. The molecule has 0 bridgehead atoms. The molecule has 1 N–H and O–H groups in total. The van der Waals surface area contributed by atoms with E-state index in [-0.39, 0.29) is 5.15 Å². The Morgan fingerprint density at radius 2 is 2.00 bits per heavy atom. The molecule has 1 aromatic rings. The monoisotopic (exact) mass is 211 g/mol. The molecule has 0 aliphatic heterocycles. The Balaban J connectivity index is 2.96. The highest BCUT2D eigenvalue weighted by atomic mass is 35.5. The van der Waals surface area contributed by atoms with E-state index in [0.29, 0.717) is 0 Å². The predicted molar refractivity (Wildman–Crippen MR) is 40.3 cm³/mol. The van der Waals surface area contributed by atoms with Gasteiger partial charge in [-0.2, -0.15) is 13.2 Å². The molecule has 0 aromatic carbocycles. The van der Waals surface area contributed by atoms with Gasteiger partial charge in [0.25, 0.3) is 0 Å². The quantitative estimate of drug-likeness (QED) is 0.724. The molecule has 0 saturated heterocycles. The number of aliphatic hydroxyl groups excluding tert-OH is 1. The van der Waals surface area contributed by atoms with Gasteiger partial charge in [0.05, 0.1) is 5.69 Å². The molecule has 13 heavy (non-hydrogen) atoms. The molecule has 0 aliphatic rings. The molecule has 0 aliphatic carbocycles. The fourth-order valence-electron chi connectivity index (χ4n) is 0.744. The van der Waals surface area contributed by atoms with Gasteiger partial charge in [-0.25, -0.2) is 4.98 Å². The number of hydrogen-bond donors (Lipinski definition) is 1. The third-order valence-corrected chi connectivity index (χ3v) is 1.54. The second-order valence-corrected chi connectivity index (χ2v) is 2.72. The van der Waals surface area contributed by atoms with Crippen LogP contribution in [0.3, 0.4) is 0 Å². The molecule has 0 amide bonds. The van der Waals surface area contributed by atoms with Crippen molar-refractivity contribution in [1.29, 1.82) is 0 Å². The summed E-state index contributed by atoms with van der Waals surface area (Å²) >= 11 is 5.35. The molecule has 1 heterocycles. The minimum Gasteiger partial charge on any atom is -0.378 e. The summed E-state index contributed by atoms with van der Waals surface area (Å²) in [6.07, 6.45) is -7.29. The maximum Gasteiger partial charge on any atom is 0.420 e. The van der Waals surface area contributed by atoms with Gasteiger partial charge in [0.15, 0.2) is 6.10 Å². The first-order valence-corrected chi connectivity index (χ1v) is 3.66. The lowest BCUT2D eigenvalue weighted by Crippen LogP contribution is -2.21. The van der Waals surface area contributed by atoms with E-state index >= 15 is 0 Å². The second kappa shape index (κ2) is 3.51. The number of hydrogen-bond acceptors (Lipinski definition) is 2. The molecule has 1 unspecified atom stereocenters. The average Bonchev–Trinajstić information content (AvgIpc) is 2.01. The smallest absolute Gasteiger partial charge is 0.378 e. The van der Waals surface area contributed by atoms with Gasteiger partial charge < -0.3 is 5.11 Å². The summed E-state index contributed by atoms with van der Waals surface area (Å²) < 4.78 is 35.8. The van der Waals surface area contributed by atoms with Gasteiger partial charge in [-0.1, -0.05) is 17.7 Å². The van der Waals surface area contributed by atoms with E-state index in [0.717, 1.165) is 6.07 Å². The number of alkyl halides is 3. The lowest BCUT2D eigenvalue weighted by molar-refractivity contribution is -0.207. The van der Waals surface area contributed by atoms with Gasteiger partial charge in [0.2, 0.25) is 0 Å². The van der Waals surface area contributed by atoms with Crippen LogP contribution in [0.25, 0.3) is 0 Å². The summed E-state index contributed by atoms with van der Waals surface area (Å²) in [5.74, 6) is 0. The Labute approximate surface area is 77.0 Å². The van der Waals surface area contributed by atoms with Crippen LogP contribution in [0, 0.1) is 0 Å². The predicted octanol–water partition coefficient (Wildman–Crippen LogP) is 2.33. The van der Waals surface area contributed by atoms with Crippen molar-refractivity contribution in [3.63, 3.8) is 0 Å². The lowest BCUT2D eigenvalue weighted by atomic mass is 10.2. The maximum atomic E-state index is 11.9. The Bertz CT molecular complexity index is 302. The van der Waals surface area contributed by atoms with Gasteiger partial charge in [-0.15, -0.1) is 0 Å². The van der Waals surface area contributed by atoms with E-state index in [2.05, 4.69) is 4.98 Å². The third-order valence-electron chi connectivity index (χ3n) is 1.33. The summed E-state index contributed by atoms with van der Waals surface area (Å²) in [6, 6.07) is 3.68. The van der Waals surface area contributed by atoms with E-state index < -0.39 is 18.0 Å². The van der Waals surface area contributed by atoms with Crippen LogP contribution in [0.2, 0.25) is 5.15 Å². The molecule has 1 atom stereocenters. The van der Waals surface area contributed by atoms with Gasteiger partial charge in [0.1, 0.15) is 5.15 Å². The number of aromatic nitrogens is 1. The molecule has 0 radical (unpaired) electrons. The average molecular weight is 212 g/mol. The number of halogens is 4. The maximum absolute atomic E-state index is 11.9. The fourth-order valence-corrected chi connectivity index (χ4v) is 0.914. The molecule has 1 rings (SSSR count). The Kier molecular flexibility index (Phi) is 2.77. The summed E-state index contributed by atoms with van der Waals surface area (Å²) in [4.78, 5) is 3.33. The van der Waals surface area contributed by atoms with Crippen LogP contribution in [-0.2, 0) is 0 Å². The first-order valence-electron chi connectivity index (χ1n) is 3.28. The zero-order chi connectivity index (χ0) is 10.1. The van der Waals surface area contributed by atoms with Gasteiger partial charge in [-0.05, 0) is 12.1 Å². The van der Waals surface area contributed by atoms with Crippen LogP contribution < -0.4 is 0 Å². The highest BCUT2D eigenvalue weighted by Crippen LogP contribution is 2.31. The van der Waals surface area contributed by atoms with E-state index in [1.807, 2.05) is 0 Å². The van der Waals surface area contributed by atoms with Crippen LogP contribution in [-0.4, -0.2) is 16.3 Å². The molecular weight excluding hydrogens is 207 g/mol. The minimum absolute atomic E-state index is 0.0826. The van der Waals surface area contributed by atoms with Crippen LogP contribution >= 0.6 is 11.6 Å². The normalized spacial score (nSPS) is 14.2. The van der Waals surface area contributed by atoms with Crippen molar-refractivity contribution in [3.05, 3.63) is 29.0 Å². The topological polar surface area (TPSA) is 33.1 Å². The van der Waals surface area contributed by atoms with Crippen molar-refractivity contribution in [2.45, 2.75) is 12.3 Å². The van der Waals surface area contributed by atoms with Gasteiger partial charge in [-0.3, -0.25) is 0 Å². The molecule has 1 aromatic heterocycles. The Morgan fingerprint density at radius 1 is 1.38 bits per heavy atom. The molecule has 2 nitrogen and oxygen atoms in total. The van der Waals surface area contributed by atoms with Crippen LogP contribution in [0.5, 0.6) is 0 Å². The molecular formula is C7H5ClF3NO. The summed E-state index contributed by atoms with van der Waals surface area (Å²) in [7, 11) is 0. The van der Waals surface area contributed by atoms with Crippen LogP contribution in [0.15, 0.2) is 18.2 Å². The first kappa shape index (κ1) is 10.3. The number of rotatable bonds is 1. The van der Waals surface area contributed by atoms with E-state index in [9.17, 15) is 13.2 Å². The van der Waals surface area contributed by atoms with Crippen LogP contribution in [0.4, 0.5) is 13.2 Å². The second-order valence-electron chi connectivity index (χ2n) is 2.33. The van der Waals surface area contributed by atoms with Crippen molar-refractivity contribution in [2.24, 2.45) is 0 Å². The zero-order valence-corrected chi connectivity index (χ0v) is 6.97. The lowest BCUT2D eigenvalue weighted by Gasteiger charge is -2.13. The Morgan fingerprint density at radius 3 is 2.46 bits per heavy atom. The van der Waals surface area contributed by atoms with Crippen LogP contribution in [0.1, 0.15) is 11.8 Å². The molecule has 72 valence electrons.